The summed E-state index contributed by atoms with van der Waals surface area (Å²) in [6.45, 7) is 1.75. The molecule has 0 spiro atoms. The van der Waals surface area contributed by atoms with Gasteiger partial charge < -0.3 is 10.2 Å². The first-order chi connectivity index (χ1) is 7.81. The highest BCUT2D eigenvalue weighted by molar-refractivity contribution is 5.82. The number of nitrogens with one attached hydrogen (secondary N) is 1. The second-order valence-electron chi connectivity index (χ2n) is 3.61. The number of hydrogen-bond acceptors (Lipinski definition) is 4. The number of hydrogen-bond donors (Lipinski definition) is 1. The number of carbonyl (C=O) groups is 1. The summed E-state index contributed by atoms with van der Waals surface area (Å²) in [6, 6.07) is 5.64. The highest BCUT2D eigenvalue weighted by Gasteiger charge is 2.17. The van der Waals surface area contributed by atoms with E-state index in [0.29, 0.717) is 18.8 Å². The van der Waals surface area contributed by atoms with Gasteiger partial charge in [-0.25, -0.2) is 4.98 Å². The van der Waals surface area contributed by atoms with Gasteiger partial charge in [-0.05, 0) is 18.6 Å². The number of nitrogens with zero attached hydrogens (tertiary/aromatic N) is 3. The Hall–Kier alpha value is -2.09. The minimum Gasteiger partial charge on any atom is -0.360 e. The lowest BCUT2D eigenvalue weighted by Gasteiger charge is -2.21. The van der Waals surface area contributed by atoms with Crippen molar-refractivity contribution < 1.29 is 4.79 Å². The SMILES string of the molecule is N#Cc1ncccc1N1CCCNC(=O)C1. The Morgan fingerprint density at radius 3 is 3.25 bits per heavy atom. The maximum Gasteiger partial charge on any atom is 0.239 e. The highest BCUT2D eigenvalue weighted by atomic mass is 16.2. The molecule has 2 rings (SSSR count). The molecule has 16 heavy (non-hydrogen) atoms. The van der Waals surface area contributed by atoms with E-state index in [2.05, 4.69) is 10.3 Å². The molecular weight excluding hydrogens is 204 g/mol. The van der Waals surface area contributed by atoms with E-state index < -0.39 is 0 Å². The summed E-state index contributed by atoms with van der Waals surface area (Å²) >= 11 is 0. The Morgan fingerprint density at radius 1 is 1.56 bits per heavy atom. The van der Waals surface area contributed by atoms with Crippen molar-refractivity contribution in [1.29, 1.82) is 5.26 Å². The molecule has 1 N–H and O–H groups in total. The van der Waals surface area contributed by atoms with Gasteiger partial charge in [0, 0.05) is 19.3 Å². The standard InChI is InChI=1S/C11H12N4O/c12-7-9-10(3-1-4-13-9)15-6-2-5-14-11(16)8-15/h1,3-4H,2,5-6,8H2,(H,14,16). The van der Waals surface area contributed by atoms with E-state index in [1.54, 1.807) is 12.3 Å². The average molecular weight is 216 g/mol. The molecular formula is C11H12N4O. The highest BCUT2D eigenvalue weighted by Crippen LogP contribution is 2.18. The molecule has 2 heterocycles. The fourth-order valence-corrected chi connectivity index (χ4v) is 1.75. The number of anilines is 1. The maximum absolute atomic E-state index is 11.4. The monoisotopic (exact) mass is 216 g/mol. The number of pyridine rings is 1. The van der Waals surface area contributed by atoms with Crippen LogP contribution in [-0.2, 0) is 4.79 Å². The van der Waals surface area contributed by atoms with Gasteiger partial charge in [0.2, 0.25) is 5.91 Å². The van der Waals surface area contributed by atoms with Gasteiger partial charge >= 0.3 is 0 Å². The normalized spacial score (nSPS) is 16.2. The zero-order chi connectivity index (χ0) is 11.4. The van der Waals surface area contributed by atoms with Crippen LogP contribution in [0, 0.1) is 11.3 Å². The van der Waals surface area contributed by atoms with Gasteiger partial charge in [-0.3, -0.25) is 4.79 Å². The van der Waals surface area contributed by atoms with E-state index in [0.717, 1.165) is 18.7 Å². The Bertz CT molecular complexity index is 438. The van der Waals surface area contributed by atoms with Crippen molar-refractivity contribution in [2.24, 2.45) is 0 Å². The van der Waals surface area contributed by atoms with E-state index in [1.165, 1.54) is 0 Å². The molecule has 0 bridgehead atoms. The zero-order valence-electron chi connectivity index (χ0n) is 8.81. The second kappa shape index (κ2) is 4.62. The molecule has 1 amide bonds. The van der Waals surface area contributed by atoms with Crippen LogP contribution in [0.25, 0.3) is 0 Å². The number of nitriles is 1. The van der Waals surface area contributed by atoms with E-state index in [9.17, 15) is 4.79 Å². The smallest absolute Gasteiger partial charge is 0.239 e. The molecule has 82 valence electrons. The van der Waals surface area contributed by atoms with Crippen molar-refractivity contribution in [3.05, 3.63) is 24.0 Å². The summed E-state index contributed by atoms with van der Waals surface area (Å²) in [5.41, 5.74) is 1.11. The molecule has 1 aromatic heterocycles. The van der Waals surface area contributed by atoms with Crippen LogP contribution in [0.3, 0.4) is 0 Å². The number of rotatable bonds is 1. The average Bonchev–Trinajstić information content (AvgIpc) is 2.54. The Labute approximate surface area is 93.7 Å². The summed E-state index contributed by atoms with van der Waals surface area (Å²) < 4.78 is 0. The molecule has 0 unspecified atom stereocenters. The van der Waals surface area contributed by atoms with Crippen LogP contribution in [0.2, 0.25) is 0 Å². The van der Waals surface area contributed by atoms with Crippen molar-refractivity contribution in [3.63, 3.8) is 0 Å². The fourth-order valence-electron chi connectivity index (χ4n) is 1.75. The van der Waals surface area contributed by atoms with Gasteiger partial charge in [0.1, 0.15) is 6.07 Å². The summed E-state index contributed by atoms with van der Waals surface area (Å²) in [5, 5.41) is 11.7. The molecule has 1 aromatic rings. The van der Waals surface area contributed by atoms with Crippen molar-refractivity contribution in [1.82, 2.24) is 10.3 Å². The lowest BCUT2D eigenvalue weighted by atomic mass is 10.2. The molecule has 1 aliphatic rings. The van der Waals surface area contributed by atoms with Gasteiger partial charge in [-0.2, -0.15) is 5.26 Å². The molecule has 0 aliphatic carbocycles. The molecule has 1 fully saturated rings. The summed E-state index contributed by atoms with van der Waals surface area (Å²) in [6.07, 6.45) is 2.46. The van der Waals surface area contributed by atoms with Gasteiger partial charge in [-0.1, -0.05) is 0 Å². The van der Waals surface area contributed by atoms with E-state index in [1.807, 2.05) is 17.0 Å². The predicted octanol–water partition coefficient (Wildman–Crippen LogP) is 0.280. The Morgan fingerprint density at radius 2 is 2.44 bits per heavy atom. The summed E-state index contributed by atoms with van der Waals surface area (Å²) in [4.78, 5) is 17.3. The van der Waals surface area contributed by atoms with Crippen molar-refractivity contribution in [2.75, 3.05) is 24.5 Å². The van der Waals surface area contributed by atoms with Gasteiger partial charge in [0.05, 0.1) is 12.2 Å². The topological polar surface area (TPSA) is 69.0 Å². The molecule has 0 aromatic carbocycles. The third kappa shape index (κ3) is 2.11. The van der Waals surface area contributed by atoms with Crippen LogP contribution in [0.1, 0.15) is 12.1 Å². The van der Waals surface area contributed by atoms with Gasteiger partial charge in [-0.15, -0.1) is 0 Å². The van der Waals surface area contributed by atoms with Gasteiger partial charge in [0.15, 0.2) is 5.69 Å². The maximum atomic E-state index is 11.4. The van der Waals surface area contributed by atoms with E-state index >= 15 is 0 Å². The Balaban J connectivity index is 2.28. The van der Waals surface area contributed by atoms with Crippen LogP contribution in [0.5, 0.6) is 0 Å². The summed E-state index contributed by atoms with van der Waals surface area (Å²) in [7, 11) is 0. The first-order valence-corrected chi connectivity index (χ1v) is 5.18. The quantitative estimate of drug-likeness (QED) is 0.732. The molecule has 1 aliphatic heterocycles. The van der Waals surface area contributed by atoms with E-state index in [4.69, 9.17) is 5.26 Å². The molecule has 0 atom stereocenters. The van der Waals surface area contributed by atoms with Crippen molar-refractivity contribution in [2.45, 2.75) is 6.42 Å². The molecule has 0 saturated carbocycles. The predicted molar refractivity (Wildman–Crippen MR) is 58.8 cm³/mol. The van der Waals surface area contributed by atoms with Crippen LogP contribution in [-0.4, -0.2) is 30.5 Å². The Kier molecular flexibility index (Phi) is 3.01. The minimum atomic E-state index is -0.00903. The first kappa shape index (κ1) is 10.4. The first-order valence-electron chi connectivity index (χ1n) is 5.18. The van der Waals surface area contributed by atoms with Crippen LogP contribution in [0.15, 0.2) is 18.3 Å². The number of carbonyl (C=O) groups excluding carboxylic acids is 1. The molecule has 5 heteroatoms. The molecule has 0 radical (unpaired) electrons. The zero-order valence-corrected chi connectivity index (χ0v) is 8.81. The van der Waals surface area contributed by atoms with Crippen LogP contribution >= 0.6 is 0 Å². The van der Waals surface area contributed by atoms with Crippen molar-refractivity contribution >= 4 is 11.6 Å². The van der Waals surface area contributed by atoms with Crippen LogP contribution < -0.4 is 10.2 Å². The second-order valence-corrected chi connectivity index (χ2v) is 3.61. The fraction of sp³-hybridized carbons (Fsp3) is 0.364. The third-order valence-electron chi connectivity index (χ3n) is 2.49. The molecule has 5 nitrogen and oxygen atoms in total. The van der Waals surface area contributed by atoms with E-state index in [-0.39, 0.29) is 5.91 Å². The number of aromatic nitrogens is 1. The lowest BCUT2D eigenvalue weighted by Crippen LogP contribution is -2.33. The summed E-state index contributed by atoms with van der Waals surface area (Å²) in [5.74, 6) is -0.00903. The van der Waals surface area contributed by atoms with Crippen LogP contribution in [0.4, 0.5) is 5.69 Å². The third-order valence-corrected chi connectivity index (χ3v) is 2.49. The lowest BCUT2D eigenvalue weighted by molar-refractivity contribution is -0.119. The number of amides is 1. The largest absolute Gasteiger partial charge is 0.360 e. The van der Waals surface area contributed by atoms with Crippen molar-refractivity contribution in [3.8, 4) is 6.07 Å². The van der Waals surface area contributed by atoms with Gasteiger partial charge in [0.25, 0.3) is 0 Å². The minimum absolute atomic E-state index is 0.00903. The molecule has 1 saturated heterocycles.